The number of nitrogens with zero attached hydrogens (tertiary/aromatic N) is 1. The molecular formula is C14H18Cl2N2O2. The van der Waals surface area contributed by atoms with Crippen LogP contribution < -0.4 is 10.9 Å². The average molecular weight is 317 g/mol. The zero-order valence-electron chi connectivity index (χ0n) is 11.3. The number of aryl methyl sites for hydroxylation is 1. The van der Waals surface area contributed by atoms with Gasteiger partial charge >= 0.3 is 0 Å². The molecule has 20 heavy (non-hydrogen) atoms. The molecule has 0 saturated heterocycles. The second-order valence-corrected chi connectivity index (χ2v) is 6.36. The predicted octanol–water partition coefficient (Wildman–Crippen LogP) is 2.82. The molecule has 4 nitrogen and oxygen atoms in total. The first-order chi connectivity index (χ1) is 9.49. The average Bonchev–Trinajstić information content (AvgIpc) is 2.39. The quantitative estimate of drug-likeness (QED) is 0.872. The third-order valence-electron chi connectivity index (χ3n) is 3.55. The molecule has 0 aliphatic heterocycles. The minimum atomic E-state index is -0.171. The van der Waals surface area contributed by atoms with Crippen LogP contribution in [0, 0.1) is 5.92 Å². The summed E-state index contributed by atoms with van der Waals surface area (Å²) in [5, 5.41) is 2.74. The summed E-state index contributed by atoms with van der Waals surface area (Å²) in [6.45, 7) is 2.45. The number of anilines is 1. The number of carbonyl (C=O) groups excluding carboxylic acids is 1. The lowest BCUT2D eigenvalue weighted by molar-refractivity contribution is -0.120. The number of hydrogen-bond donors (Lipinski definition) is 1. The van der Waals surface area contributed by atoms with Crippen LogP contribution in [0.3, 0.4) is 0 Å². The van der Waals surface area contributed by atoms with E-state index in [0.29, 0.717) is 25.1 Å². The monoisotopic (exact) mass is 316 g/mol. The number of aromatic nitrogens is 1. The third-order valence-corrected chi connectivity index (χ3v) is 4.27. The van der Waals surface area contributed by atoms with Crippen LogP contribution in [0.2, 0.25) is 0 Å². The molecule has 1 heterocycles. The van der Waals surface area contributed by atoms with Crippen LogP contribution >= 0.6 is 23.2 Å². The van der Waals surface area contributed by atoms with Crippen molar-refractivity contribution in [3.63, 3.8) is 0 Å². The highest BCUT2D eigenvalue weighted by Gasteiger charge is 2.31. The lowest BCUT2D eigenvalue weighted by atomic mass is 9.88. The Labute approximate surface area is 128 Å². The van der Waals surface area contributed by atoms with Crippen LogP contribution in [0.15, 0.2) is 23.1 Å². The fourth-order valence-electron chi connectivity index (χ4n) is 2.49. The molecule has 2 unspecified atom stereocenters. The van der Waals surface area contributed by atoms with E-state index in [9.17, 15) is 9.59 Å². The molecule has 0 spiro atoms. The lowest BCUT2D eigenvalue weighted by Gasteiger charge is -2.28. The molecule has 1 aliphatic carbocycles. The Morgan fingerprint density at radius 3 is 2.55 bits per heavy atom. The zero-order chi connectivity index (χ0) is 14.7. The van der Waals surface area contributed by atoms with Crippen LogP contribution in [-0.4, -0.2) is 21.2 Å². The first kappa shape index (κ1) is 15.4. The van der Waals surface area contributed by atoms with Crippen molar-refractivity contribution < 1.29 is 4.79 Å². The maximum Gasteiger partial charge on any atom is 0.250 e. The van der Waals surface area contributed by atoms with Crippen molar-refractivity contribution in [3.8, 4) is 0 Å². The summed E-state index contributed by atoms with van der Waals surface area (Å²) >= 11 is 12.2. The molecule has 110 valence electrons. The number of pyridine rings is 1. The van der Waals surface area contributed by atoms with Gasteiger partial charge in [-0.3, -0.25) is 9.59 Å². The summed E-state index contributed by atoms with van der Waals surface area (Å²) in [7, 11) is 0. The largest absolute Gasteiger partial charge is 0.325 e. The van der Waals surface area contributed by atoms with Crippen molar-refractivity contribution in [2.24, 2.45) is 5.92 Å². The lowest BCUT2D eigenvalue weighted by Crippen LogP contribution is -2.33. The van der Waals surface area contributed by atoms with Gasteiger partial charge in [-0.15, -0.1) is 23.2 Å². The highest BCUT2D eigenvalue weighted by atomic mass is 35.5. The van der Waals surface area contributed by atoms with Gasteiger partial charge in [0.2, 0.25) is 5.91 Å². The van der Waals surface area contributed by atoms with Crippen molar-refractivity contribution >= 4 is 34.8 Å². The van der Waals surface area contributed by atoms with Crippen molar-refractivity contribution in [1.82, 2.24) is 4.57 Å². The van der Waals surface area contributed by atoms with Crippen LogP contribution in [0.5, 0.6) is 0 Å². The first-order valence-electron chi connectivity index (χ1n) is 6.79. The van der Waals surface area contributed by atoms with Gasteiger partial charge in [0.15, 0.2) is 0 Å². The van der Waals surface area contributed by atoms with Crippen molar-refractivity contribution in [3.05, 3.63) is 28.7 Å². The number of rotatable bonds is 3. The Hall–Kier alpha value is -1.00. The SMILES string of the molecule is CCn1cc(NC(=O)C2CC(Cl)CC(Cl)C2)ccc1=O. The van der Waals surface area contributed by atoms with Crippen LogP contribution in [0.4, 0.5) is 5.69 Å². The molecule has 1 amide bonds. The van der Waals surface area contributed by atoms with Gasteiger partial charge in [0.05, 0.1) is 5.69 Å². The Balaban J connectivity index is 2.06. The van der Waals surface area contributed by atoms with Gasteiger partial charge in [-0.2, -0.15) is 0 Å². The van der Waals surface area contributed by atoms with E-state index in [-0.39, 0.29) is 28.1 Å². The molecule has 0 radical (unpaired) electrons. The van der Waals surface area contributed by atoms with Gasteiger partial charge in [0.1, 0.15) is 0 Å². The molecular weight excluding hydrogens is 299 g/mol. The Kier molecular flexibility index (Phi) is 5.11. The van der Waals surface area contributed by atoms with E-state index >= 15 is 0 Å². The smallest absolute Gasteiger partial charge is 0.250 e. The standard InChI is InChI=1S/C14H18Cl2N2O2/c1-2-18-8-12(3-4-13(18)19)17-14(20)9-5-10(15)7-11(16)6-9/h3-4,8-11H,2,5-7H2,1H3,(H,17,20). The Morgan fingerprint density at radius 2 is 1.95 bits per heavy atom. The highest BCUT2D eigenvalue weighted by molar-refractivity contribution is 6.24. The van der Waals surface area contributed by atoms with E-state index in [1.54, 1.807) is 16.8 Å². The zero-order valence-corrected chi connectivity index (χ0v) is 12.8. The van der Waals surface area contributed by atoms with Crippen molar-refractivity contribution in [1.29, 1.82) is 0 Å². The number of halogens is 2. The first-order valence-corrected chi connectivity index (χ1v) is 7.66. The van der Waals surface area contributed by atoms with E-state index in [1.165, 1.54) is 6.07 Å². The predicted molar refractivity (Wildman–Crippen MR) is 81.6 cm³/mol. The maximum absolute atomic E-state index is 12.2. The van der Waals surface area contributed by atoms with Gasteiger partial charge in [-0.1, -0.05) is 0 Å². The number of alkyl halides is 2. The summed E-state index contributed by atoms with van der Waals surface area (Å²) in [6.07, 6.45) is 3.68. The molecule has 0 aromatic carbocycles. The van der Waals surface area contributed by atoms with E-state index in [4.69, 9.17) is 23.2 Å². The summed E-state index contributed by atoms with van der Waals surface area (Å²) in [5.41, 5.74) is 0.545. The van der Waals surface area contributed by atoms with E-state index in [0.717, 1.165) is 6.42 Å². The number of hydrogen-bond acceptors (Lipinski definition) is 2. The molecule has 1 aromatic heterocycles. The fourth-order valence-corrected chi connectivity index (χ4v) is 3.45. The van der Waals surface area contributed by atoms with Gasteiger partial charge < -0.3 is 9.88 Å². The normalized spacial score (nSPS) is 26.2. The molecule has 2 atom stereocenters. The van der Waals surface area contributed by atoms with Crippen molar-refractivity contribution in [2.75, 3.05) is 5.32 Å². The number of amides is 1. The van der Waals surface area contributed by atoms with Gasteiger partial charge in [-0.05, 0) is 32.3 Å². The van der Waals surface area contributed by atoms with Crippen LogP contribution in [-0.2, 0) is 11.3 Å². The molecule has 6 heteroatoms. The minimum Gasteiger partial charge on any atom is -0.325 e. The maximum atomic E-state index is 12.2. The Bertz CT molecular complexity index is 534. The summed E-state index contributed by atoms with van der Waals surface area (Å²) < 4.78 is 1.55. The molecule has 1 aromatic rings. The summed E-state index contributed by atoms with van der Waals surface area (Å²) in [5.74, 6) is -0.252. The topological polar surface area (TPSA) is 51.1 Å². The van der Waals surface area contributed by atoms with Crippen molar-refractivity contribution in [2.45, 2.75) is 43.5 Å². The summed E-state index contributed by atoms with van der Waals surface area (Å²) in [6, 6.07) is 3.07. The van der Waals surface area contributed by atoms with Gasteiger partial charge in [0.25, 0.3) is 5.56 Å². The fraction of sp³-hybridized carbons (Fsp3) is 0.571. The molecule has 1 fully saturated rings. The van der Waals surface area contributed by atoms with Gasteiger partial charge in [0, 0.05) is 35.5 Å². The second kappa shape index (κ2) is 6.64. The Morgan fingerprint density at radius 1 is 1.30 bits per heavy atom. The third kappa shape index (κ3) is 3.76. The second-order valence-electron chi connectivity index (χ2n) is 5.13. The minimum absolute atomic E-state index is 0.0494. The molecule has 1 N–H and O–H groups in total. The number of nitrogens with one attached hydrogen (secondary N) is 1. The highest BCUT2D eigenvalue weighted by Crippen LogP contribution is 2.32. The number of carbonyl (C=O) groups is 1. The van der Waals surface area contributed by atoms with E-state index < -0.39 is 0 Å². The van der Waals surface area contributed by atoms with Gasteiger partial charge in [-0.25, -0.2) is 0 Å². The van der Waals surface area contributed by atoms with E-state index in [2.05, 4.69) is 5.32 Å². The van der Waals surface area contributed by atoms with Crippen LogP contribution in [0.1, 0.15) is 26.2 Å². The molecule has 0 bridgehead atoms. The molecule has 1 aliphatic rings. The van der Waals surface area contributed by atoms with E-state index in [1.807, 2.05) is 6.92 Å². The molecule has 1 saturated carbocycles. The van der Waals surface area contributed by atoms with Crippen LogP contribution in [0.25, 0.3) is 0 Å². The summed E-state index contributed by atoms with van der Waals surface area (Å²) in [4.78, 5) is 23.7. The molecule has 2 rings (SSSR count).